The SMILES string of the molecule is O=c1[nH]c2cc(Br)c(S(=O)(=O)N3CCN([C@H]4CCOC4)CC3)cc2[nH]1. The molecule has 2 aliphatic rings. The van der Waals surface area contributed by atoms with Gasteiger partial charge in [0.1, 0.15) is 0 Å². The number of benzene rings is 1. The van der Waals surface area contributed by atoms with Crippen molar-refractivity contribution in [3.05, 3.63) is 27.1 Å². The maximum absolute atomic E-state index is 13.0. The number of hydrogen-bond donors (Lipinski definition) is 2. The zero-order valence-corrected chi connectivity index (χ0v) is 15.9. The Labute approximate surface area is 153 Å². The Morgan fingerprint density at radius 1 is 1.12 bits per heavy atom. The first-order chi connectivity index (χ1) is 11.9. The van der Waals surface area contributed by atoms with Crippen LogP contribution in [0.4, 0.5) is 0 Å². The molecule has 2 aliphatic heterocycles. The van der Waals surface area contributed by atoms with Crippen LogP contribution in [0, 0.1) is 0 Å². The van der Waals surface area contributed by atoms with Gasteiger partial charge in [0.2, 0.25) is 10.0 Å². The molecule has 0 spiro atoms. The largest absolute Gasteiger partial charge is 0.380 e. The summed E-state index contributed by atoms with van der Waals surface area (Å²) in [5, 5.41) is 0. The lowest BCUT2D eigenvalue weighted by molar-refractivity contribution is 0.113. The average Bonchev–Trinajstić information content (AvgIpc) is 3.22. The van der Waals surface area contributed by atoms with Crippen LogP contribution in [-0.2, 0) is 14.8 Å². The summed E-state index contributed by atoms with van der Waals surface area (Å²) in [6.45, 7) is 3.82. The van der Waals surface area contributed by atoms with Crippen molar-refractivity contribution in [3.63, 3.8) is 0 Å². The number of aromatic nitrogens is 2. The molecule has 25 heavy (non-hydrogen) atoms. The second kappa shape index (κ2) is 6.51. The van der Waals surface area contributed by atoms with E-state index in [-0.39, 0.29) is 10.6 Å². The van der Waals surface area contributed by atoms with Gasteiger partial charge in [0.15, 0.2) is 0 Å². The van der Waals surface area contributed by atoms with E-state index in [1.807, 2.05) is 0 Å². The minimum atomic E-state index is -3.63. The minimum absolute atomic E-state index is 0.174. The molecule has 2 fully saturated rings. The number of fused-ring (bicyclic) bond motifs is 1. The van der Waals surface area contributed by atoms with Crippen molar-refractivity contribution in [2.24, 2.45) is 0 Å². The Kier molecular flexibility index (Phi) is 4.49. The maximum atomic E-state index is 13.0. The third kappa shape index (κ3) is 3.17. The molecule has 136 valence electrons. The molecule has 0 aliphatic carbocycles. The van der Waals surface area contributed by atoms with Gasteiger partial charge in [-0.3, -0.25) is 4.90 Å². The van der Waals surface area contributed by atoms with Crippen LogP contribution < -0.4 is 5.69 Å². The van der Waals surface area contributed by atoms with Gasteiger partial charge in [0.25, 0.3) is 0 Å². The molecule has 4 rings (SSSR count). The fraction of sp³-hybridized carbons (Fsp3) is 0.533. The maximum Gasteiger partial charge on any atom is 0.323 e. The molecule has 0 bridgehead atoms. The Bertz CT molecular complexity index is 940. The van der Waals surface area contributed by atoms with Crippen LogP contribution in [0.5, 0.6) is 0 Å². The number of piperazine rings is 1. The van der Waals surface area contributed by atoms with Gasteiger partial charge in [-0.25, -0.2) is 13.2 Å². The van der Waals surface area contributed by atoms with Crippen molar-refractivity contribution >= 4 is 37.0 Å². The van der Waals surface area contributed by atoms with Crippen molar-refractivity contribution in [1.82, 2.24) is 19.2 Å². The zero-order chi connectivity index (χ0) is 17.6. The summed E-state index contributed by atoms with van der Waals surface area (Å²) in [6, 6.07) is 3.52. The van der Waals surface area contributed by atoms with Crippen LogP contribution in [0.2, 0.25) is 0 Å². The summed E-state index contributed by atoms with van der Waals surface area (Å²) in [6.07, 6.45) is 1.01. The van der Waals surface area contributed by atoms with E-state index in [4.69, 9.17) is 4.74 Å². The van der Waals surface area contributed by atoms with Gasteiger partial charge < -0.3 is 14.7 Å². The molecule has 1 atom stereocenters. The summed E-state index contributed by atoms with van der Waals surface area (Å²) >= 11 is 3.33. The van der Waals surface area contributed by atoms with E-state index < -0.39 is 10.0 Å². The Hall–Kier alpha value is -1.20. The number of H-pyrrole nitrogens is 2. The third-order valence-corrected chi connectivity index (χ3v) is 7.74. The molecule has 8 nitrogen and oxygen atoms in total. The molecule has 1 aromatic carbocycles. The number of imidazole rings is 1. The number of nitrogens with one attached hydrogen (secondary N) is 2. The molecular weight excluding hydrogens is 412 g/mol. The number of ether oxygens (including phenoxy) is 1. The molecule has 0 unspecified atom stereocenters. The quantitative estimate of drug-likeness (QED) is 0.746. The van der Waals surface area contributed by atoms with Crippen LogP contribution in [0.25, 0.3) is 11.0 Å². The number of rotatable bonds is 3. The topological polar surface area (TPSA) is 98.5 Å². The van der Waals surface area contributed by atoms with Gasteiger partial charge in [-0.2, -0.15) is 4.31 Å². The summed E-state index contributed by atoms with van der Waals surface area (Å²) in [4.78, 5) is 19.1. The molecule has 3 heterocycles. The molecule has 0 amide bonds. The van der Waals surface area contributed by atoms with E-state index >= 15 is 0 Å². The van der Waals surface area contributed by atoms with Crippen LogP contribution in [0.1, 0.15) is 6.42 Å². The van der Waals surface area contributed by atoms with Crippen molar-refractivity contribution in [2.75, 3.05) is 39.4 Å². The Morgan fingerprint density at radius 3 is 2.44 bits per heavy atom. The molecule has 10 heteroatoms. The Balaban J connectivity index is 1.57. The number of aromatic amines is 2. The predicted octanol–water partition coefficient (Wildman–Crippen LogP) is 0.714. The number of sulfonamides is 1. The monoisotopic (exact) mass is 430 g/mol. The minimum Gasteiger partial charge on any atom is -0.380 e. The molecule has 2 N–H and O–H groups in total. The lowest BCUT2D eigenvalue weighted by Gasteiger charge is -2.36. The van der Waals surface area contributed by atoms with Crippen molar-refractivity contribution in [2.45, 2.75) is 17.4 Å². The van der Waals surface area contributed by atoms with Gasteiger partial charge in [-0.05, 0) is 34.5 Å². The fourth-order valence-electron chi connectivity index (χ4n) is 3.49. The number of halogens is 1. The molecule has 1 aromatic heterocycles. The zero-order valence-electron chi connectivity index (χ0n) is 13.5. The highest BCUT2D eigenvalue weighted by atomic mass is 79.9. The molecular formula is C15H19BrN4O4S. The summed E-state index contributed by atoms with van der Waals surface area (Å²) in [5.41, 5.74) is 0.694. The van der Waals surface area contributed by atoms with Crippen molar-refractivity contribution < 1.29 is 13.2 Å². The predicted molar refractivity (Wildman–Crippen MR) is 96.2 cm³/mol. The first-order valence-corrected chi connectivity index (χ1v) is 10.4. The van der Waals surface area contributed by atoms with E-state index in [1.165, 1.54) is 10.4 Å². The lowest BCUT2D eigenvalue weighted by Crippen LogP contribution is -2.52. The second-order valence-electron chi connectivity index (χ2n) is 6.36. The van der Waals surface area contributed by atoms with E-state index in [0.717, 1.165) is 19.6 Å². The van der Waals surface area contributed by atoms with Gasteiger partial charge in [-0.15, -0.1) is 0 Å². The normalized spacial score (nSPS) is 23.5. The van der Waals surface area contributed by atoms with Gasteiger partial charge >= 0.3 is 5.69 Å². The van der Waals surface area contributed by atoms with E-state index in [9.17, 15) is 13.2 Å². The van der Waals surface area contributed by atoms with Gasteiger partial charge in [0, 0.05) is 43.3 Å². The second-order valence-corrected chi connectivity index (χ2v) is 9.13. The number of nitrogens with zero attached hydrogens (tertiary/aromatic N) is 2. The average molecular weight is 431 g/mol. The Morgan fingerprint density at radius 2 is 1.80 bits per heavy atom. The molecule has 0 saturated carbocycles. The van der Waals surface area contributed by atoms with Crippen LogP contribution >= 0.6 is 15.9 Å². The van der Waals surface area contributed by atoms with E-state index in [0.29, 0.717) is 47.7 Å². The first-order valence-electron chi connectivity index (χ1n) is 8.18. The molecule has 2 aromatic rings. The number of hydrogen-bond acceptors (Lipinski definition) is 5. The van der Waals surface area contributed by atoms with Crippen molar-refractivity contribution in [1.29, 1.82) is 0 Å². The fourth-order valence-corrected chi connectivity index (χ4v) is 5.94. The molecule has 0 radical (unpaired) electrons. The summed E-state index contributed by atoms with van der Waals surface area (Å²) in [5.74, 6) is 0. The highest BCUT2D eigenvalue weighted by Gasteiger charge is 2.33. The highest BCUT2D eigenvalue weighted by molar-refractivity contribution is 9.10. The first kappa shape index (κ1) is 17.2. The highest BCUT2D eigenvalue weighted by Crippen LogP contribution is 2.29. The lowest BCUT2D eigenvalue weighted by atomic mass is 10.2. The van der Waals surface area contributed by atoms with Gasteiger partial charge in [0.05, 0.1) is 22.5 Å². The van der Waals surface area contributed by atoms with Crippen LogP contribution in [-0.4, -0.2) is 73.0 Å². The van der Waals surface area contributed by atoms with Crippen molar-refractivity contribution in [3.8, 4) is 0 Å². The smallest absolute Gasteiger partial charge is 0.323 e. The van der Waals surface area contributed by atoms with Crippen LogP contribution in [0.15, 0.2) is 26.3 Å². The van der Waals surface area contributed by atoms with Crippen LogP contribution in [0.3, 0.4) is 0 Å². The summed E-state index contributed by atoms with van der Waals surface area (Å²) < 4.78 is 33.5. The van der Waals surface area contributed by atoms with Gasteiger partial charge in [-0.1, -0.05) is 0 Å². The van der Waals surface area contributed by atoms with E-state index in [2.05, 4.69) is 30.8 Å². The summed E-state index contributed by atoms with van der Waals surface area (Å²) in [7, 11) is -3.63. The third-order valence-electron chi connectivity index (χ3n) is 4.88. The molecule has 2 saturated heterocycles. The standard InChI is InChI=1S/C15H19BrN4O4S/c16-11-7-12-13(18-15(21)17-12)8-14(11)25(22,23)20-4-2-19(3-5-20)10-1-6-24-9-10/h7-8,10H,1-6,9H2,(H2,17,18,21)/t10-/m0/s1. The van der Waals surface area contributed by atoms with E-state index in [1.54, 1.807) is 6.07 Å².